The quantitative estimate of drug-likeness (QED) is 0.514. The summed E-state index contributed by atoms with van der Waals surface area (Å²) in [5.74, 6) is -1.65. The fourth-order valence-corrected chi connectivity index (χ4v) is 3.03. The largest absolute Gasteiger partial charge is 0.462 e. The Bertz CT molecular complexity index is 1180. The standard InChI is InChI=1S/C22H23F3N4O4/c1-4-33-20(31)15-12-29-14(10-13(28-29)8-9-21(2,3)32)11-17(15)27-19(30)16-6-5-7-18(26-16)22(23,24)25/h5-7,10-12,32H,4,8-9H2,1-3H3,(H,27,30). The van der Waals surface area contributed by atoms with Crippen LogP contribution in [-0.4, -0.2) is 43.8 Å². The van der Waals surface area contributed by atoms with Crippen molar-refractivity contribution >= 4 is 23.1 Å². The molecular weight excluding hydrogens is 441 g/mol. The first-order chi connectivity index (χ1) is 15.4. The molecule has 0 spiro atoms. The number of hydrogen-bond donors (Lipinski definition) is 2. The van der Waals surface area contributed by atoms with Crippen molar-refractivity contribution in [3.8, 4) is 0 Å². The lowest BCUT2D eigenvalue weighted by Gasteiger charge is -2.15. The average Bonchev–Trinajstić information content (AvgIpc) is 3.13. The first kappa shape index (κ1) is 24.2. The van der Waals surface area contributed by atoms with Crippen molar-refractivity contribution in [2.24, 2.45) is 0 Å². The number of nitrogens with one attached hydrogen (secondary N) is 1. The number of nitrogens with zero attached hydrogens (tertiary/aromatic N) is 3. The highest BCUT2D eigenvalue weighted by Crippen LogP contribution is 2.28. The van der Waals surface area contributed by atoms with Gasteiger partial charge in [-0.3, -0.25) is 4.79 Å². The average molecular weight is 464 g/mol. The molecule has 0 aliphatic heterocycles. The number of amides is 1. The lowest BCUT2D eigenvalue weighted by Crippen LogP contribution is -2.19. The molecule has 11 heteroatoms. The van der Waals surface area contributed by atoms with Crippen LogP contribution in [0.2, 0.25) is 0 Å². The number of alkyl halides is 3. The van der Waals surface area contributed by atoms with Crippen LogP contribution in [-0.2, 0) is 17.3 Å². The number of hydrogen-bond acceptors (Lipinski definition) is 6. The Morgan fingerprint density at radius 3 is 2.58 bits per heavy atom. The van der Waals surface area contributed by atoms with Crippen molar-refractivity contribution in [2.75, 3.05) is 11.9 Å². The lowest BCUT2D eigenvalue weighted by molar-refractivity contribution is -0.141. The second-order valence-corrected chi connectivity index (χ2v) is 8.00. The SMILES string of the molecule is CCOC(=O)c1cn2nc(CCC(C)(C)O)cc2cc1NC(=O)c1cccc(C(F)(F)F)n1. The first-order valence-corrected chi connectivity index (χ1v) is 10.1. The van der Waals surface area contributed by atoms with Gasteiger partial charge >= 0.3 is 12.1 Å². The van der Waals surface area contributed by atoms with Crippen LogP contribution < -0.4 is 5.32 Å². The molecule has 0 aromatic carbocycles. The fourth-order valence-electron chi connectivity index (χ4n) is 3.03. The molecule has 3 heterocycles. The molecule has 8 nitrogen and oxygen atoms in total. The number of rotatable bonds is 7. The van der Waals surface area contributed by atoms with Gasteiger partial charge in [0.2, 0.25) is 0 Å². The number of ether oxygens (including phenoxy) is 1. The summed E-state index contributed by atoms with van der Waals surface area (Å²) >= 11 is 0. The summed E-state index contributed by atoms with van der Waals surface area (Å²) in [6.45, 7) is 5.05. The molecule has 3 rings (SSSR count). The molecule has 0 unspecified atom stereocenters. The third-order valence-electron chi connectivity index (χ3n) is 4.66. The first-order valence-electron chi connectivity index (χ1n) is 10.1. The van der Waals surface area contributed by atoms with Crippen LogP contribution in [0, 0.1) is 0 Å². The van der Waals surface area contributed by atoms with Gasteiger partial charge in [-0.1, -0.05) is 6.07 Å². The summed E-state index contributed by atoms with van der Waals surface area (Å²) < 4.78 is 45.3. The number of aliphatic hydroxyl groups is 1. The Kier molecular flexibility index (Phi) is 6.73. The summed E-state index contributed by atoms with van der Waals surface area (Å²) in [7, 11) is 0. The highest BCUT2D eigenvalue weighted by atomic mass is 19.4. The van der Waals surface area contributed by atoms with Crippen molar-refractivity contribution < 1.29 is 32.6 Å². The van der Waals surface area contributed by atoms with Crippen LogP contribution in [0.1, 0.15) is 59.4 Å². The number of halogens is 3. The number of carbonyl (C=O) groups excluding carboxylic acids is 2. The van der Waals surface area contributed by atoms with Crippen LogP contribution >= 0.6 is 0 Å². The zero-order chi connectivity index (χ0) is 24.4. The highest BCUT2D eigenvalue weighted by molar-refractivity contribution is 6.07. The molecule has 0 atom stereocenters. The molecule has 33 heavy (non-hydrogen) atoms. The number of esters is 1. The van der Waals surface area contributed by atoms with Crippen molar-refractivity contribution in [1.82, 2.24) is 14.6 Å². The van der Waals surface area contributed by atoms with Crippen molar-refractivity contribution in [2.45, 2.75) is 45.4 Å². The van der Waals surface area contributed by atoms with E-state index >= 15 is 0 Å². The van der Waals surface area contributed by atoms with Gasteiger partial charge in [-0.15, -0.1) is 0 Å². The number of carbonyl (C=O) groups is 2. The Balaban J connectivity index is 1.96. The molecular formula is C22H23F3N4O4. The zero-order valence-electron chi connectivity index (χ0n) is 18.2. The number of fused-ring (bicyclic) bond motifs is 1. The molecule has 0 aliphatic carbocycles. The molecule has 0 saturated heterocycles. The van der Waals surface area contributed by atoms with E-state index in [2.05, 4.69) is 15.4 Å². The van der Waals surface area contributed by atoms with Gasteiger partial charge < -0.3 is 15.2 Å². The Labute approximate surface area is 187 Å². The van der Waals surface area contributed by atoms with E-state index in [1.54, 1.807) is 26.8 Å². The molecule has 3 aromatic rings. The lowest BCUT2D eigenvalue weighted by atomic mass is 10.0. The van der Waals surface area contributed by atoms with E-state index in [9.17, 15) is 27.9 Å². The summed E-state index contributed by atoms with van der Waals surface area (Å²) in [4.78, 5) is 28.5. The second kappa shape index (κ2) is 9.18. The summed E-state index contributed by atoms with van der Waals surface area (Å²) in [6.07, 6.45) is -2.42. The van der Waals surface area contributed by atoms with E-state index < -0.39 is 35.0 Å². The zero-order valence-corrected chi connectivity index (χ0v) is 18.2. The Morgan fingerprint density at radius 2 is 1.94 bits per heavy atom. The number of pyridine rings is 2. The minimum atomic E-state index is -4.71. The Morgan fingerprint density at radius 1 is 1.21 bits per heavy atom. The second-order valence-electron chi connectivity index (χ2n) is 8.00. The predicted octanol–water partition coefficient (Wildman–Crippen LogP) is 3.88. The predicted molar refractivity (Wildman–Crippen MR) is 113 cm³/mol. The van der Waals surface area contributed by atoms with E-state index in [1.165, 1.54) is 16.8 Å². The summed E-state index contributed by atoms with van der Waals surface area (Å²) in [5.41, 5.74) is -1.36. The van der Waals surface area contributed by atoms with Crippen molar-refractivity contribution in [1.29, 1.82) is 0 Å². The number of anilines is 1. The number of aromatic nitrogens is 3. The van der Waals surface area contributed by atoms with Crippen LogP contribution in [0.15, 0.2) is 36.5 Å². The van der Waals surface area contributed by atoms with E-state index in [0.717, 1.165) is 18.2 Å². The van der Waals surface area contributed by atoms with E-state index in [4.69, 9.17) is 4.74 Å². The van der Waals surface area contributed by atoms with Gasteiger partial charge in [-0.2, -0.15) is 18.3 Å². The molecule has 3 aromatic heterocycles. The maximum Gasteiger partial charge on any atom is 0.433 e. The minimum Gasteiger partial charge on any atom is -0.462 e. The third-order valence-corrected chi connectivity index (χ3v) is 4.66. The monoisotopic (exact) mass is 464 g/mol. The molecule has 0 radical (unpaired) electrons. The smallest absolute Gasteiger partial charge is 0.433 e. The molecule has 1 amide bonds. The normalized spacial score (nSPS) is 12.1. The van der Waals surface area contributed by atoms with Gasteiger partial charge in [0.15, 0.2) is 0 Å². The van der Waals surface area contributed by atoms with E-state index in [1.807, 2.05) is 0 Å². The molecule has 0 aliphatic rings. The molecule has 2 N–H and O–H groups in total. The van der Waals surface area contributed by atoms with Crippen LogP contribution in [0.4, 0.5) is 18.9 Å². The number of aryl methyl sites for hydroxylation is 1. The topological polar surface area (TPSA) is 106 Å². The van der Waals surface area contributed by atoms with E-state index in [0.29, 0.717) is 24.1 Å². The van der Waals surface area contributed by atoms with Gasteiger partial charge in [-0.25, -0.2) is 14.3 Å². The molecule has 0 saturated carbocycles. The maximum absolute atomic E-state index is 12.9. The fraction of sp³-hybridized carbons (Fsp3) is 0.364. The Hall–Kier alpha value is -3.47. The minimum absolute atomic E-state index is 0.0261. The van der Waals surface area contributed by atoms with Gasteiger partial charge in [0, 0.05) is 6.20 Å². The maximum atomic E-state index is 12.9. The van der Waals surface area contributed by atoms with Crippen LogP contribution in [0.3, 0.4) is 0 Å². The summed E-state index contributed by atoms with van der Waals surface area (Å²) in [5, 5.41) is 16.8. The van der Waals surface area contributed by atoms with Crippen LogP contribution in [0.5, 0.6) is 0 Å². The highest BCUT2D eigenvalue weighted by Gasteiger charge is 2.33. The molecule has 0 fully saturated rings. The van der Waals surface area contributed by atoms with Gasteiger partial charge in [0.25, 0.3) is 5.91 Å². The van der Waals surface area contributed by atoms with Crippen LogP contribution in [0.25, 0.3) is 5.52 Å². The summed E-state index contributed by atoms with van der Waals surface area (Å²) in [6, 6.07) is 6.17. The molecule has 0 bridgehead atoms. The van der Waals surface area contributed by atoms with Gasteiger partial charge in [-0.05, 0) is 57.9 Å². The van der Waals surface area contributed by atoms with Crippen molar-refractivity contribution in [3.05, 3.63) is 59.2 Å². The molecule has 176 valence electrons. The van der Waals surface area contributed by atoms with Gasteiger partial charge in [0.1, 0.15) is 17.0 Å². The van der Waals surface area contributed by atoms with E-state index in [-0.39, 0.29) is 17.9 Å². The van der Waals surface area contributed by atoms with Gasteiger partial charge in [0.05, 0.1) is 29.1 Å². The third kappa shape index (κ3) is 6.07. The van der Waals surface area contributed by atoms with Crippen molar-refractivity contribution in [3.63, 3.8) is 0 Å².